The lowest BCUT2D eigenvalue weighted by molar-refractivity contribution is -0.140. The molecule has 2 fully saturated rings. The first-order valence-corrected chi connectivity index (χ1v) is 9.46. The standard InChI is InChI=1S/C19H28N2O3/c22-17(20-14-8-3-1-2-4-9-14)12-7-13-21-18(23)15-10-5-6-11-16(15)19(21)24/h5-6,14-16H,1-4,7-13H2,(H,20,22)/t15-,16-/m0/s1. The van der Waals surface area contributed by atoms with Crippen molar-refractivity contribution in [2.45, 2.75) is 70.3 Å². The molecule has 1 aliphatic heterocycles. The van der Waals surface area contributed by atoms with Crippen LogP contribution in [0.4, 0.5) is 0 Å². The third kappa shape index (κ3) is 3.87. The molecule has 1 saturated carbocycles. The van der Waals surface area contributed by atoms with Gasteiger partial charge in [0.1, 0.15) is 0 Å². The van der Waals surface area contributed by atoms with E-state index in [1.807, 2.05) is 12.2 Å². The van der Waals surface area contributed by atoms with Crippen LogP contribution in [0.15, 0.2) is 12.2 Å². The lowest BCUT2D eigenvalue weighted by Gasteiger charge is -2.17. The summed E-state index contributed by atoms with van der Waals surface area (Å²) in [5, 5.41) is 3.12. The Kier molecular flexibility index (Phi) is 5.69. The van der Waals surface area contributed by atoms with Crippen molar-refractivity contribution in [3.05, 3.63) is 12.2 Å². The molecule has 1 saturated heterocycles. The van der Waals surface area contributed by atoms with E-state index >= 15 is 0 Å². The molecule has 3 aliphatic rings. The third-order valence-corrected chi connectivity index (χ3v) is 5.60. The summed E-state index contributed by atoms with van der Waals surface area (Å²) < 4.78 is 0. The summed E-state index contributed by atoms with van der Waals surface area (Å²) in [7, 11) is 0. The van der Waals surface area contributed by atoms with Gasteiger partial charge in [0.2, 0.25) is 17.7 Å². The minimum atomic E-state index is -0.165. The Morgan fingerprint density at radius 1 is 1.00 bits per heavy atom. The number of likely N-dealkylation sites (tertiary alicyclic amines) is 1. The van der Waals surface area contributed by atoms with Gasteiger partial charge in [-0.05, 0) is 32.1 Å². The summed E-state index contributed by atoms with van der Waals surface area (Å²) in [6.07, 6.45) is 13.4. The molecule has 5 heteroatoms. The Hall–Kier alpha value is -1.65. The second kappa shape index (κ2) is 7.95. The number of nitrogens with one attached hydrogen (secondary N) is 1. The highest BCUT2D eigenvalue weighted by Gasteiger charge is 2.46. The first kappa shape index (κ1) is 17.2. The first-order chi connectivity index (χ1) is 11.7. The number of fused-ring (bicyclic) bond motifs is 1. The molecule has 1 heterocycles. The highest BCUT2D eigenvalue weighted by Crippen LogP contribution is 2.35. The SMILES string of the molecule is O=C(CCCN1C(=O)[C@H]2CC=CC[C@@H]2C1=O)NC1CCCCCC1. The molecule has 24 heavy (non-hydrogen) atoms. The number of allylic oxidation sites excluding steroid dienone is 2. The number of carbonyl (C=O) groups excluding carboxylic acids is 3. The minimum Gasteiger partial charge on any atom is -0.353 e. The average molecular weight is 332 g/mol. The topological polar surface area (TPSA) is 66.5 Å². The van der Waals surface area contributed by atoms with E-state index in [-0.39, 0.29) is 29.6 Å². The van der Waals surface area contributed by atoms with Crippen molar-refractivity contribution in [3.8, 4) is 0 Å². The van der Waals surface area contributed by atoms with Crippen molar-refractivity contribution in [3.63, 3.8) is 0 Å². The molecule has 0 radical (unpaired) electrons. The van der Waals surface area contributed by atoms with Gasteiger partial charge in [0, 0.05) is 19.0 Å². The van der Waals surface area contributed by atoms with Gasteiger partial charge in [-0.1, -0.05) is 37.8 Å². The van der Waals surface area contributed by atoms with Crippen molar-refractivity contribution < 1.29 is 14.4 Å². The highest BCUT2D eigenvalue weighted by atomic mass is 16.2. The first-order valence-electron chi connectivity index (χ1n) is 9.46. The fraction of sp³-hybridized carbons (Fsp3) is 0.737. The third-order valence-electron chi connectivity index (χ3n) is 5.60. The van der Waals surface area contributed by atoms with Crippen molar-refractivity contribution in [2.75, 3.05) is 6.54 Å². The molecule has 0 bridgehead atoms. The zero-order valence-corrected chi connectivity index (χ0v) is 14.3. The number of amides is 3. The number of nitrogens with zero attached hydrogens (tertiary/aromatic N) is 1. The van der Waals surface area contributed by atoms with Gasteiger partial charge in [-0.3, -0.25) is 19.3 Å². The molecule has 3 amide bonds. The zero-order valence-electron chi connectivity index (χ0n) is 14.3. The normalized spacial score (nSPS) is 27.9. The van der Waals surface area contributed by atoms with E-state index in [1.165, 1.54) is 30.6 Å². The maximum absolute atomic E-state index is 12.4. The van der Waals surface area contributed by atoms with Crippen LogP contribution in [-0.2, 0) is 14.4 Å². The fourth-order valence-corrected chi connectivity index (χ4v) is 4.21. The second-order valence-corrected chi connectivity index (χ2v) is 7.34. The molecule has 0 aromatic carbocycles. The highest BCUT2D eigenvalue weighted by molar-refractivity contribution is 6.05. The van der Waals surface area contributed by atoms with Crippen LogP contribution >= 0.6 is 0 Å². The van der Waals surface area contributed by atoms with Gasteiger partial charge >= 0.3 is 0 Å². The van der Waals surface area contributed by atoms with Crippen LogP contribution in [0, 0.1) is 11.8 Å². The molecule has 0 aromatic rings. The van der Waals surface area contributed by atoms with Gasteiger partial charge in [0.25, 0.3) is 0 Å². The lowest BCUT2D eigenvalue weighted by atomic mass is 9.85. The Balaban J connectivity index is 1.42. The van der Waals surface area contributed by atoms with E-state index in [4.69, 9.17) is 0 Å². The quantitative estimate of drug-likeness (QED) is 0.478. The summed E-state index contributed by atoms with van der Waals surface area (Å²) in [6.45, 7) is 0.378. The summed E-state index contributed by atoms with van der Waals surface area (Å²) in [5.41, 5.74) is 0. The van der Waals surface area contributed by atoms with Crippen LogP contribution < -0.4 is 5.32 Å². The van der Waals surface area contributed by atoms with E-state index in [0.29, 0.717) is 38.3 Å². The van der Waals surface area contributed by atoms with Crippen LogP contribution in [0.25, 0.3) is 0 Å². The van der Waals surface area contributed by atoms with Crippen LogP contribution in [0.1, 0.15) is 64.2 Å². The van der Waals surface area contributed by atoms with E-state index < -0.39 is 0 Å². The predicted molar refractivity (Wildman–Crippen MR) is 90.9 cm³/mol. The minimum absolute atomic E-state index is 0.0430. The zero-order chi connectivity index (χ0) is 16.9. The number of carbonyl (C=O) groups is 3. The van der Waals surface area contributed by atoms with Crippen LogP contribution in [-0.4, -0.2) is 35.2 Å². The van der Waals surface area contributed by atoms with E-state index in [1.54, 1.807) is 0 Å². The molecule has 2 atom stereocenters. The van der Waals surface area contributed by atoms with Gasteiger partial charge in [-0.2, -0.15) is 0 Å². The number of rotatable bonds is 5. The van der Waals surface area contributed by atoms with Crippen molar-refractivity contribution in [2.24, 2.45) is 11.8 Å². The van der Waals surface area contributed by atoms with Crippen molar-refractivity contribution >= 4 is 17.7 Å². The average Bonchev–Trinajstić information content (AvgIpc) is 2.77. The molecule has 1 N–H and O–H groups in total. The maximum Gasteiger partial charge on any atom is 0.233 e. The number of hydrogen-bond donors (Lipinski definition) is 1. The van der Waals surface area contributed by atoms with Crippen molar-refractivity contribution in [1.29, 1.82) is 0 Å². The van der Waals surface area contributed by atoms with Gasteiger partial charge in [-0.25, -0.2) is 0 Å². The largest absolute Gasteiger partial charge is 0.353 e. The monoisotopic (exact) mass is 332 g/mol. The van der Waals surface area contributed by atoms with E-state index in [0.717, 1.165) is 12.8 Å². The Morgan fingerprint density at radius 2 is 1.58 bits per heavy atom. The fourth-order valence-electron chi connectivity index (χ4n) is 4.21. The Labute approximate surface area is 143 Å². The molecular weight excluding hydrogens is 304 g/mol. The summed E-state index contributed by atoms with van der Waals surface area (Å²) in [5.74, 6) is -0.359. The summed E-state index contributed by atoms with van der Waals surface area (Å²) >= 11 is 0. The van der Waals surface area contributed by atoms with Gasteiger partial charge in [0.15, 0.2) is 0 Å². The van der Waals surface area contributed by atoms with Gasteiger partial charge < -0.3 is 5.32 Å². The van der Waals surface area contributed by atoms with E-state index in [2.05, 4.69) is 5.32 Å². The van der Waals surface area contributed by atoms with Crippen molar-refractivity contribution in [1.82, 2.24) is 10.2 Å². The molecule has 3 rings (SSSR count). The molecule has 5 nitrogen and oxygen atoms in total. The van der Waals surface area contributed by atoms with E-state index in [9.17, 15) is 14.4 Å². The maximum atomic E-state index is 12.4. The number of imide groups is 1. The Bertz CT molecular complexity index is 495. The van der Waals surface area contributed by atoms with Gasteiger partial charge in [0.05, 0.1) is 11.8 Å². The molecular formula is C19H28N2O3. The van der Waals surface area contributed by atoms with Crippen LogP contribution in [0.5, 0.6) is 0 Å². The smallest absolute Gasteiger partial charge is 0.233 e. The molecule has 0 spiro atoms. The predicted octanol–water partition coefficient (Wildman–Crippen LogP) is 2.56. The Morgan fingerprint density at radius 3 is 2.17 bits per heavy atom. The molecule has 0 aromatic heterocycles. The summed E-state index contributed by atoms with van der Waals surface area (Å²) in [6, 6.07) is 0.309. The van der Waals surface area contributed by atoms with Gasteiger partial charge in [-0.15, -0.1) is 0 Å². The molecule has 132 valence electrons. The second-order valence-electron chi connectivity index (χ2n) is 7.34. The molecule has 2 aliphatic carbocycles. The number of hydrogen-bond acceptors (Lipinski definition) is 3. The summed E-state index contributed by atoms with van der Waals surface area (Å²) in [4.78, 5) is 38.2. The van der Waals surface area contributed by atoms with Crippen LogP contribution in [0.2, 0.25) is 0 Å². The molecule has 0 unspecified atom stereocenters. The van der Waals surface area contributed by atoms with Crippen LogP contribution in [0.3, 0.4) is 0 Å². The lowest BCUT2D eigenvalue weighted by Crippen LogP contribution is -2.36.